The van der Waals surface area contributed by atoms with E-state index < -0.39 is 6.04 Å². The predicted octanol–water partition coefficient (Wildman–Crippen LogP) is 4.56. The van der Waals surface area contributed by atoms with Crippen molar-refractivity contribution >= 4 is 28.6 Å². The minimum Gasteiger partial charge on any atom is -0.497 e. The van der Waals surface area contributed by atoms with Crippen molar-refractivity contribution in [2.45, 2.75) is 11.8 Å². The third-order valence-electron chi connectivity index (χ3n) is 5.03. The van der Waals surface area contributed by atoms with Gasteiger partial charge < -0.3 is 19.0 Å². The molecule has 1 atom stereocenters. The smallest absolute Gasteiger partial charge is 0.288 e. The van der Waals surface area contributed by atoms with E-state index in [2.05, 4.69) is 10.3 Å². The minimum absolute atomic E-state index is 0.265. The minimum atomic E-state index is -0.432. The maximum atomic E-state index is 13.3. The Morgan fingerprint density at radius 1 is 1.23 bits per heavy atom. The highest BCUT2D eigenvalue weighted by Gasteiger charge is 2.26. The van der Waals surface area contributed by atoms with Crippen LogP contribution in [0.3, 0.4) is 0 Å². The Morgan fingerprint density at radius 3 is 2.67 bits per heavy atom. The lowest BCUT2D eigenvalue weighted by atomic mass is 10.1. The summed E-state index contributed by atoms with van der Waals surface area (Å²) in [5, 5.41) is 4.09. The lowest BCUT2D eigenvalue weighted by Crippen LogP contribution is -2.31. The van der Waals surface area contributed by atoms with E-state index in [1.807, 2.05) is 72.6 Å². The summed E-state index contributed by atoms with van der Waals surface area (Å²) in [5.74, 6) is 2.26. The number of hydrogen-bond acceptors (Lipinski definition) is 5. The average molecular weight is 422 g/mol. The Hall–Kier alpha value is -3.19. The van der Waals surface area contributed by atoms with Gasteiger partial charge >= 0.3 is 0 Å². The molecular formula is C23H23N3O3S. The zero-order valence-electron chi connectivity index (χ0n) is 17.1. The number of rotatable bonds is 7. The first-order chi connectivity index (χ1) is 14.6. The maximum absolute atomic E-state index is 13.3. The monoisotopic (exact) mass is 421 g/mol. The van der Waals surface area contributed by atoms with Crippen molar-refractivity contribution in [1.82, 2.24) is 14.9 Å². The van der Waals surface area contributed by atoms with Crippen LogP contribution >= 0.6 is 11.8 Å². The van der Waals surface area contributed by atoms with E-state index in [9.17, 15) is 4.79 Å². The second kappa shape index (κ2) is 8.67. The Morgan fingerprint density at radius 2 is 2.00 bits per heavy atom. The second-order valence-electron chi connectivity index (χ2n) is 6.91. The summed E-state index contributed by atoms with van der Waals surface area (Å²) in [5.41, 5.74) is 2.52. The number of hydrogen-bond donors (Lipinski definition) is 1. The molecule has 6 nitrogen and oxygen atoms in total. The largest absolute Gasteiger partial charge is 0.497 e. The van der Waals surface area contributed by atoms with Gasteiger partial charge in [0.2, 0.25) is 0 Å². The summed E-state index contributed by atoms with van der Waals surface area (Å²) in [6.07, 6.45) is 5.59. The van der Waals surface area contributed by atoms with Gasteiger partial charge in [-0.25, -0.2) is 4.98 Å². The summed E-state index contributed by atoms with van der Waals surface area (Å²) in [4.78, 5) is 17.8. The number of ether oxygens (including phenoxy) is 1. The molecule has 0 spiro atoms. The fourth-order valence-electron chi connectivity index (χ4n) is 3.52. The highest BCUT2D eigenvalue weighted by Crippen LogP contribution is 2.30. The highest BCUT2D eigenvalue weighted by atomic mass is 32.2. The first kappa shape index (κ1) is 20.1. The van der Waals surface area contributed by atoms with Gasteiger partial charge in [-0.1, -0.05) is 30.3 Å². The van der Waals surface area contributed by atoms with E-state index in [4.69, 9.17) is 9.15 Å². The van der Waals surface area contributed by atoms with Crippen molar-refractivity contribution in [3.63, 3.8) is 0 Å². The first-order valence-corrected chi connectivity index (χ1v) is 10.9. The molecule has 2 aromatic heterocycles. The molecule has 7 heteroatoms. The van der Waals surface area contributed by atoms with Gasteiger partial charge in [0.05, 0.1) is 7.11 Å². The van der Waals surface area contributed by atoms with Crippen molar-refractivity contribution in [2.24, 2.45) is 7.05 Å². The number of carbonyl (C=O) groups excluding carboxylic acids is 1. The third-order valence-corrected chi connectivity index (χ3v) is 5.61. The van der Waals surface area contributed by atoms with Gasteiger partial charge in [-0.05, 0) is 30.0 Å². The van der Waals surface area contributed by atoms with E-state index >= 15 is 0 Å². The quantitative estimate of drug-likeness (QED) is 0.474. The predicted molar refractivity (Wildman–Crippen MR) is 119 cm³/mol. The summed E-state index contributed by atoms with van der Waals surface area (Å²) >= 11 is 1.65. The number of imidazole rings is 1. The van der Waals surface area contributed by atoms with Gasteiger partial charge in [0.1, 0.15) is 23.2 Å². The molecule has 0 unspecified atom stereocenters. The number of carbonyl (C=O) groups is 1. The third kappa shape index (κ3) is 3.80. The number of aromatic nitrogens is 2. The first-order valence-electron chi connectivity index (χ1n) is 9.53. The normalized spacial score (nSPS) is 12.1. The number of methoxy groups -OCH3 is 1. The second-order valence-corrected chi connectivity index (χ2v) is 7.78. The number of nitrogens with zero attached hydrogens (tertiary/aromatic N) is 2. The zero-order chi connectivity index (χ0) is 21.1. The van der Waals surface area contributed by atoms with Crippen molar-refractivity contribution in [2.75, 3.05) is 13.4 Å². The van der Waals surface area contributed by atoms with Crippen LogP contribution < -0.4 is 10.1 Å². The van der Waals surface area contributed by atoms with Crippen molar-refractivity contribution < 1.29 is 13.9 Å². The lowest BCUT2D eigenvalue weighted by Gasteiger charge is -2.19. The van der Waals surface area contributed by atoms with Crippen molar-refractivity contribution in [3.05, 3.63) is 83.6 Å². The van der Waals surface area contributed by atoms with Crippen LogP contribution in [0.15, 0.2) is 65.3 Å². The number of para-hydroxylation sites is 1. The summed E-state index contributed by atoms with van der Waals surface area (Å²) < 4.78 is 13.1. The van der Waals surface area contributed by atoms with Crippen LogP contribution in [0.25, 0.3) is 11.0 Å². The molecule has 30 heavy (non-hydrogen) atoms. The maximum Gasteiger partial charge on any atom is 0.288 e. The van der Waals surface area contributed by atoms with Crippen LogP contribution in [0.1, 0.15) is 33.5 Å². The Labute approximate surface area is 179 Å². The van der Waals surface area contributed by atoms with Crippen LogP contribution in [0, 0.1) is 0 Å². The average Bonchev–Trinajstić information content (AvgIpc) is 3.36. The SMILES string of the molecule is COc1ccc([C@H](NC(=O)c2oc3ccccc3c2CSC)c2nccn2C)cc1. The number of furan rings is 1. The Balaban J connectivity index is 1.73. The molecule has 0 radical (unpaired) electrons. The lowest BCUT2D eigenvalue weighted by molar-refractivity contribution is 0.0914. The summed E-state index contributed by atoms with van der Waals surface area (Å²) in [6, 6.07) is 14.9. The molecule has 154 valence electrons. The van der Waals surface area contributed by atoms with Gasteiger partial charge in [0.25, 0.3) is 5.91 Å². The molecule has 0 aliphatic carbocycles. The van der Waals surface area contributed by atoms with E-state index in [-0.39, 0.29) is 5.91 Å². The molecule has 2 aromatic carbocycles. The molecule has 1 N–H and O–H groups in total. The fraction of sp³-hybridized carbons (Fsp3) is 0.217. The Kier molecular flexibility index (Phi) is 5.81. The number of amides is 1. The molecule has 4 aromatic rings. The number of thioether (sulfide) groups is 1. The molecule has 0 aliphatic heterocycles. The molecule has 2 heterocycles. The molecule has 1 amide bonds. The van der Waals surface area contributed by atoms with E-state index in [1.165, 1.54) is 0 Å². The van der Waals surface area contributed by atoms with Crippen molar-refractivity contribution in [3.8, 4) is 5.75 Å². The van der Waals surface area contributed by atoms with E-state index in [1.54, 1.807) is 25.1 Å². The zero-order valence-corrected chi connectivity index (χ0v) is 17.9. The number of nitrogens with one attached hydrogen (secondary N) is 1. The molecule has 0 saturated carbocycles. The molecule has 0 saturated heterocycles. The van der Waals surface area contributed by atoms with E-state index in [0.29, 0.717) is 17.1 Å². The number of aryl methyl sites for hydroxylation is 1. The van der Waals surface area contributed by atoms with Gasteiger partial charge in [0, 0.05) is 36.1 Å². The fourth-order valence-corrected chi connectivity index (χ4v) is 4.09. The molecule has 0 fully saturated rings. The van der Waals surface area contributed by atoms with Gasteiger partial charge in [0.15, 0.2) is 5.76 Å². The number of benzene rings is 2. The van der Waals surface area contributed by atoms with Gasteiger partial charge in [-0.3, -0.25) is 4.79 Å². The topological polar surface area (TPSA) is 69.3 Å². The van der Waals surface area contributed by atoms with Crippen molar-refractivity contribution in [1.29, 1.82) is 0 Å². The van der Waals surface area contributed by atoms with Gasteiger partial charge in [-0.2, -0.15) is 11.8 Å². The van der Waals surface area contributed by atoms with Gasteiger partial charge in [-0.15, -0.1) is 0 Å². The van der Waals surface area contributed by atoms with Crippen LogP contribution in [-0.4, -0.2) is 28.8 Å². The standard InChI is InChI=1S/C23H23N3O3S/c1-26-13-12-24-22(26)20(15-8-10-16(28-2)11-9-15)25-23(27)21-18(14-30-3)17-6-4-5-7-19(17)29-21/h4-13,20H,14H2,1-3H3,(H,25,27)/t20-/m0/s1. The molecular weight excluding hydrogens is 398 g/mol. The summed E-state index contributed by atoms with van der Waals surface area (Å²) in [6.45, 7) is 0. The number of fused-ring (bicyclic) bond motifs is 1. The van der Waals surface area contributed by atoms with Crippen LogP contribution in [0.2, 0.25) is 0 Å². The van der Waals surface area contributed by atoms with Crippen LogP contribution in [-0.2, 0) is 12.8 Å². The molecule has 0 aliphatic rings. The Bertz CT molecular complexity index is 1160. The molecule has 4 rings (SSSR count). The van der Waals surface area contributed by atoms with Crippen LogP contribution in [0.5, 0.6) is 5.75 Å². The summed E-state index contributed by atoms with van der Waals surface area (Å²) in [7, 11) is 3.53. The molecule has 0 bridgehead atoms. The highest BCUT2D eigenvalue weighted by molar-refractivity contribution is 7.97. The van der Waals surface area contributed by atoms with E-state index in [0.717, 1.165) is 28.1 Å². The van der Waals surface area contributed by atoms with Crippen LogP contribution in [0.4, 0.5) is 0 Å².